The number of rotatable bonds is 3. The smallest absolute Gasteiger partial charge is 0.315 e. The first kappa shape index (κ1) is 39.3. The minimum absolute atomic E-state index is 0.0138. The van der Waals surface area contributed by atoms with Crippen LogP contribution in [0.5, 0.6) is 5.75 Å². The van der Waals surface area contributed by atoms with Gasteiger partial charge in [0.15, 0.2) is 0 Å². The normalized spacial score (nSPS) is 28.8. The van der Waals surface area contributed by atoms with E-state index in [0.29, 0.717) is 56.7 Å². The van der Waals surface area contributed by atoms with Crippen molar-refractivity contribution in [3.63, 3.8) is 0 Å². The first-order valence-corrected chi connectivity index (χ1v) is 21.5. The zero-order chi connectivity index (χ0) is 39.3. The van der Waals surface area contributed by atoms with E-state index in [2.05, 4.69) is 31.0 Å². The number of ether oxygens (including phenoxy) is 1. The minimum Gasteiger partial charge on any atom is -0.494 e. The molecule has 16 heteroatoms. The summed E-state index contributed by atoms with van der Waals surface area (Å²) in [5.74, 6) is -2.19. The Kier molecular flexibility index (Phi) is 11.9. The van der Waals surface area contributed by atoms with E-state index in [9.17, 15) is 32.4 Å². The average Bonchev–Trinajstić information content (AvgIpc) is 4.11. The average molecular weight is 790 g/mol. The van der Waals surface area contributed by atoms with E-state index in [0.717, 1.165) is 44.1 Å². The number of amides is 6. The monoisotopic (exact) mass is 789 g/mol. The molecule has 5 atom stereocenters. The molecular formula is C40H51N7O8S. The van der Waals surface area contributed by atoms with Crippen molar-refractivity contribution in [3.05, 3.63) is 60.3 Å². The standard InChI is InChI=1S/C40H51N7O8S/c48-35-32-17-11-16-31(43-32)26-12-10-14-29(22-26)55-21-9-5-4-8-20-41-39(52)44-33-15-7-3-1-2-6-13-27-24-40(27,38(51)46-56(53,54)30-18-19-30)45-36(49)34-23-28(42-35)25-47(34)37(33)50/h6,10-14,16-17,22,27-28,30,33-34H,1-5,7-9,15,18-21,23-25H2,(H,42,48)(H,45,49)(H,46,51)(H2,41,44,52)/b13-6-/t27-,28-,33+,34+,40?/m1/s1. The second-order valence-corrected chi connectivity index (χ2v) is 17.5. The van der Waals surface area contributed by atoms with Crippen LogP contribution in [0.3, 0.4) is 0 Å². The Morgan fingerprint density at radius 3 is 2.54 bits per heavy atom. The van der Waals surface area contributed by atoms with Crippen LogP contribution in [0, 0.1) is 5.92 Å². The van der Waals surface area contributed by atoms with Crippen LogP contribution in [0.4, 0.5) is 4.79 Å². The molecule has 5 aliphatic rings. The number of nitrogens with zero attached hydrogens (tertiary/aromatic N) is 2. The van der Waals surface area contributed by atoms with Crippen LogP contribution in [0.15, 0.2) is 54.6 Å². The van der Waals surface area contributed by atoms with Gasteiger partial charge in [0, 0.05) is 30.6 Å². The highest BCUT2D eigenvalue weighted by Crippen LogP contribution is 2.46. The zero-order valence-corrected chi connectivity index (χ0v) is 32.3. The molecule has 6 amide bonds. The molecule has 15 nitrogen and oxygen atoms in total. The summed E-state index contributed by atoms with van der Waals surface area (Å²) in [4.78, 5) is 75.4. The summed E-state index contributed by atoms with van der Waals surface area (Å²) >= 11 is 0. The van der Waals surface area contributed by atoms with Crippen LogP contribution in [0.2, 0.25) is 0 Å². The Morgan fingerprint density at radius 2 is 1.70 bits per heavy atom. The molecule has 56 heavy (non-hydrogen) atoms. The maximum Gasteiger partial charge on any atom is 0.315 e. The molecule has 7 bridgehead atoms. The number of sulfonamides is 1. The van der Waals surface area contributed by atoms with Gasteiger partial charge < -0.3 is 30.9 Å². The van der Waals surface area contributed by atoms with Crippen LogP contribution in [-0.2, 0) is 24.4 Å². The molecule has 1 aromatic carbocycles. The Morgan fingerprint density at radius 1 is 0.911 bits per heavy atom. The van der Waals surface area contributed by atoms with Crippen molar-refractivity contribution < 1.29 is 37.1 Å². The summed E-state index contributed by atoms with van der Waals surface area (Å²) < 4.78 is 33.9. The van der Waals surface area contributed by atoms with Crippen molar-refractivity contribution in [2.24, 2.45) is 5.92 Å². The lowest BCUT2D eigenvalue weighted by molar-refractivity contribution is -0.141. The lowest BCUT2D eigenvalue weighted by Gasteiger charge is -2.30. The summed E-state index contributed by atoms with van der Waals surface area (Å²) in [5, 5.41) is 10.9. The van der Waals surface area contributed by atoms with Crippen LogP contribution in [0.25, 0.3) is 11.3 Å². The molecular weight excluding hydrogens is 739 g/mol. The van der Waals surface area contributed by atoms with E-state index >= 15 is 0 Å². The molecule has 1 unspecified atom stereocenters. The molecule has 1 saturated heterocycles. The highest BCUT2D eigenvalue weighted by atomic mass is 32.2. The van der Waals surface area contributed by atoms with Crippen LogP contribution in [-0.4, -0.2) is 96.6 Å². The zero-order valence-electron chi connectivity index (χ0n) is 31.5. The quantitative estimate of drug-likeness (QED) is 0.290. The molecule has 0 radical (unpaired) electrons. The number of pyridine rings is 1. The number of urea groups is 1. The number of allylic oxidation sites excluding steroid dienone is 1. The number of aromatic nitrogens is 1. The van der Waals surface area contributed by atoms with Crippen LogP contribution >= 0.6 is 0 Å². The Balaban J connectivity index is 1.18. The summed E-state index contributed by atoms with van der Waals surface area (Å²) in [6.45, 7) is 0.902. The number of hydrogen-bond acceptors (Lipinski definition) is 9. The van der Waals surface area contributed by atoms with Gasteiger partial charge >= 0.3 is 6.03 Å². The van der Waals surface area contributed by atoms with Gasteiger partial charge in [0.2, 0.25) is 21.8 Å². The third-order valence-electron chi connectivity index (χ3n) is 11.3. The SMILES string of the molecule is O=C1NCCCCCCOc2cccc(c2)-c2cccc(n2)C(=O)N[C@@H]2C[C@H]3C(=O)NC4(C(=O)NS(=O)(=O)C5CC5)C[C@H]4/C=C\CCCCC[C@H](N1)C(=O)N3C2. The van der Waals surface area contributed by atoms with Crippen molar-refractivity contribution >= 4 is 39.7 Å². The summed E-state index contributed by atoms with van der Waals surface area (Å²) in [6.07, 6.45) is 11.5. The van der Waals surface area contributed by atoms with Gasteiger partial charge in [-0.1, -0.05) is 56.0 Å². The molecule has 2 aromatic rings. The number of fused-ring (bicyclic) bond motifs is 8. The van der Waals surface area contributed by atoms with E-state index in [-0.39, 0.29) is 25.1 Å². The van der Waals surface area contributed by atoms with Gasteiger partial charge in [-0.2, -0.15) is 0 Å². The van der Waals surface area contributed by atoms with Crippen molar-refractivity contribution in [2.75, 3.05) is 19.7 Å². The fourth-order valence-electron chi connectivity index (χ4n) is 7.81. The molecule has 3 fully saturated rings. The summed E-state index contributed by atoms with van der Waals surface area (Å²) in [6, 6.07) is 9.36. The first-order chi connectivity index (χ1) is 27.0. The molecule has 2 saturated carbocycles. The van der Waals surface area contributed by atoms with Gasteiger partial charge in [0.25, 0.3) is 11.8 Å². The van der Waals surface area contributed by atoms with Gasteiger partial charge in [-0.25, -0.2) is 18.2 Å². The predicted octanol–water partition coefficient (Wildman–Crippen LogP) is 3.07. The van der Waals surface area contributed by atoms with Crippen molar-refractivity contribution in [2.45, 2.75) is 112 Å². The topological polar surface area (TPSA) is 205 Å². The molecule has 300 valence electrons. The van der Waals surface area contributed by atoms with Crippen LogP contribution < -0.4 is 30.7 Å². The number of nitrogens with one attached hydrogen (secondary N) is 5. The maximum atomic E-state index is 14.5. The molecule has 7 rings (SSSR count). The van der Waals surface area contributed by atoms with E-state index in [1.807, 2.05) is 36.4 Å². The molecule has 2 aliphatic carbocycles. The summed E-state index contributed by atoms with van der Waals surface area (Å²) in [7, 11) is -3.90. The minimum atomic E-state index is -3.90. The molecule has 0 spiro atoms. The Hall–Kier alpha value is -4.99. The van der Waals surface area contributed by atoms with Crippen LogP contribution in [0.1, 0.15) is 94.0 Å². The van der Waals surface area contributed by atoms with E-state index in [1.54, 1.807) is 18.2 Å². The lowest BCUT2D eigenvalue weighted by atomic mass is 10.0. The lowest BCUT2D eigenvalue weighted by Crippen LogP contribution is -2.58. The van der Waals surface area contributed by atoms with E-state index < -0.39 is 74.5 Å². The highest BCUT2D eigenvalue weighted by molar-refractivity contribution is 7.91. The molecule has 3 aliphatic heterocycles. The van der Waals surface area contributed by atoms with Crippen molar-refractivity contribution in [3.8, 4) is 17.0 Å². The third-order valence-corrected chi connectivity index (χ3v) is 13.1. The van der Waals surface area contributed by atoms with Gasteiger partial charge in [0.1, 0.15) is 29.1 Å². The Bertz CT molecular complexity index is 1970. The molecule has 5 N–H and O–H groups in total. The maximum absolute atomic E-state index is 14.5. The Labute approximate surface area is 327 Å². The van der Waals surface area contributed by atoms with E-state index in [4.69, 9.17) is 4.74 Å². The fourth-order valence-corrected chi connectivity index (χ4v) is 9.18. The number of benzene rings is 1. The molecule has 4 heterocycles. The van der Waals surface area contributed by atoms with Gasteiger partial charge in [-0.15, -0.1) is 0 Å². The highest BCUT2D eigenvalue weighted by Gasteiger charge is 2.62. The van der Waals surface area contributed by atoms with Crippen molar-refractivity contribution in [1.29, 1.82) is 0 Å². The first-order valence-electron chi connectivity index (χ1n) is 19.9. The van der Waals surface area contributed by atoms with Crippen molar-refractivity contribution in [1.82, 2.24) is 35.9 Å². The second-order valence-electron chi connectivity index (χ2n) is 15.6. The van der Waals surface area contributed by atoms with Gasteiger partial charge in [-0.3, -0.25) is 23.9 Å². The molecule has 1 aromatic heterocycles. The van der Waals surface area contributed by atoms with E-state index in [1.165, 1.54) is 4.90 Å². The number of carbonyl (C=O) groups is 5. The van der Waals surface area contributed by atoms with Gasteiger partial charge in [-0.05, 0) is 82.1 Å². The van der Waals surface area contributed by atoms with Gasteiger partial charge in [0.05, 0.1) is 17.6 Å². The second kappa shape index (κ2) is 17.0. The summed E-state index contributed by atoms with van der Waals surface area (Å²) in [5.41, 5.74) is -0.0310. The fraction of sp³-hybridized carbons (Fsp3) is 0.550. The third kappa shape index (κ3) is 9.33. The largest absolute Gasteiger partial charge is 0.494 e. The predicted molar refractivity (Wildman–Crippen MR) is 207 cm³/mol. The number of carbonyl (C=O) groups excluding carboxylic acids is 5. The number of hydrogen-bond donors (Lipinski definition) is 5.